The van der Waals surface area contributed by atoms with Gasteiger partial charge in [0.05, 0.1) is 18.7 Å². The highest BCUT2D eigenvalue weighted by molar-refractivity contribution is 5.94. The predicted molar refractivity (Wildman–Crippen MR) is 87.6 cm³/mol. The Morgan fingerprint density at radius 2 is 1.81 bits per heavy atom. The molecule has 120 valence electrons. The van der Waals surface area contributed by atoms with Crippen molar-refractivity contribution in [1.29, 1.82) is 0 Å². The fraction of sp³-hybridized carbons (Fsp3) is 0.588. The Balaban J connectivity index is 0.000000473. The van der Waals surface area contributed by atoms with Crippen molar-refractivity contribution in [3.63, 3.8) is 0 Å². The van der Waals surface area contributed by atoms with Gasteiger partial charge in [0.2, 0.25) is 5.91 Å². The second kappa shape index (κ2) is 11.1. The molecule has 0 atom stereocenters. The highest BCUT2D eigenvalue weighted by Crippen LogP contribution is 2.25. The Morgan fingerprint density at radius 1 is 1.29 bits per heavy atom. The lowest BCUT2D eigenvalue weighted by Gasteiger charge is -2.18. The number of phenolic OH excluding ortho intramolecular Hbond substituents is 1. The van der Waals surface area contributed by atoms with Gasteiger partial charge in [-0.3, -0.25) is 4.79 Å². The highest BCUT2D eigenvalue weighted by Gasteiger charge is 2.12. The van der Waals surface area contributed by atoms with Crippen molar-refractivity contribution < 1.29 is 15.0 Å². The van der Waals surface area contributed by atoms with Crippen molar-refractivity contribution in [2.24, 2.45) is 5.92 Å². The first-order valence-electron chi connectivity index (χ1n) is 7.71. The third kappa shape index (κ3) is 7.14. The molecule has 0 heterocycles. The van der Waals surface area contributed by atoms with E-state index in [1.54, 1.807) is 25.2 Å². The van der Waals surface area contributed by atoms with Gasteiger partial charge in [0, 0.05) is 7.05 Å². The average molecular weight is 295 g/mol. The maximum atomic E-state index is 11.4. The van der Waals surface area contributed by atoms with E-state index in [4.69, 9.17) is 5.11 Å². The number of amides is 1. The summed E-state index contributed by atoms with van der Waals surface area (Å²) < 4.78 is 0. The van der Waals surface area contributed by atoms with Crippen LogP contribution >= 0.6 is 0 Å². The summed E-state index contributed by atoms with van der Waals surface area (Å²) in [6.45, 7) is 6.13. The zero-order chi connectivity index (χ0) is 16.3. The van der Waals surface area contributed by atoms with Crippen molar-refractivity contribution in [3.8, 4) is 5.75 Å². The minimum Gasteiger partial charge on any atom is -0.506 e. The molecule has 2 rings (SSSR count). The van der Waals surface area contributed by atoms with Crippen LogP contribution < -0.4 is 4.90 Å². The molecular weight excluding hydrogens is 266 g/mol. The van der Waals surface area contributed by atoms with Crippen molar-refractivity contribution >= 4 is 11.6 Å². The molecule has 1 amide bonds. The fourth-order valence-corrected chi connectivity index (χ4v) is 1.76. The van der Waals surface area contributed by atoms with E-state index in [1.165, 1.54) is 30.2 Å². The largest absolute Gasteiger partial charge is 0.506 e. The van der Waals surface area contributed by atoms with E-state index in [2.05, 4.69) is 6.92 Å². The minimum absolute atomic E-state index is 0.0567. The number of carbonyl (C=O) groups excluding carboxylic acids is 1. The van der Waals surface area contributed by atoms with Crippen LogP contribution in [0.3, 0.4) is 0 Å². The van der Waals surface area contributed by atoms with Crippen LogP contribution in [0.2, 0.25) is 0 Å². The summed E-state index contributed by atoms with van der Waals surface area (Å²) in [7, 11) is 1.56. The van der Waals surface area contributed by atoms with E-state index in [1.807, 2.05) is 13.8 Å². The minimum atomic E-state index is -0.228. The number of nitrogens with zero attached hydrogens (tertiary/aromatic N) is 1. The number of aliphatic hydroxyl groups is 1. The van der Waals surface area contributed by atoms with Crippen molar-refractivity contribution in [2.45, 2.75) is 46.5 Å². The van der Waals surface area contributed by atoms with Gasteiger partial charge in [0.25, 0.3) is 0 Å². The molecule has 21 heavy (non-hydrogen) atoms. The molecule has 0 aliphatic heterocycles. The number of para-hydroxylation sites is 2. The molecule has 2 N–H and O–H groups in total. The molecule has 0 saturated heterocycles. The molecule has 1 aromatic carbocycles. The number of hydrogen-bond acceptors (Lipinski definition) is 3. The molecule has 1 aliphatic carbocycles. The molecule has 1 fully saturated rings. The standard InChI is InChI=1S/C10H13NO3.C5H10.C2H6/c1-11(10(14)6-7-12)8-4-2-3-5-9(8)13;1-5-3-2-4-5;1-2/h2-5,12-13H,6-7H2,1H3;5H,2-4H2,1H3;1-2H3. The maximum Gasteiger partial charge on any atom is 0.229 e. The summed E-state index contributed by atoms with van der Waals surface area (Å²) in [4.78, 5) is 12.7. The Kier molecular flexibility index (Phi) is 10.3. The second-order valence-corrected chi connectivity index (χ2v) is 4.95. The summed E-state index contributed by atoms with van der Waals surface area (Å²) in [6, 6.07) is 6.57. The Morgan fingerprint density at radius 3 is 2.19 bits per heavy atom. The molecule has 0 aromatic heterocycles. The normalized spacial score (nSPS) is 13.0. The molecule has 0 unspecified atom stereocenters. The number of aromatic hydroxyl groups is 1. The molecule has 0 spiro atoms. The molecular formula is C17H29NO3. The van der Waals surface area contributed by atoms with Gasteiger partial charge in [-0.05, 0) is 18.1 Å². The summed E-state index contributed by atoms with van der Waals surface area (Å²) in [5, 5.41) is 18.0. The molecule has 0 radical (unpaired) electrons. The Bertz CT molecular complexity index is 403. The second-order valence-electron chi connectivity index (χ2n) is 4.95. The van der Waals surface area contributed by atoms with Gasteiger partial charge in [-0.1, -0.05) is 52.2 Å². The summed E-state index contributed by atoms with van der Waals surface area (Å²) >= 11 is 0. The van der Waals surface area contributed by atoms with Crippen LogP contribution in [0.25, 0.3) is 0 Å². The first kappa shape index (κ1) is 19.4. The summed E-state index contributed by atoms with van der Waals surface area (Å²) in [5.74, 6) is 0.894. The van der Waals surface area contributed by atoms with Crippen LogP contribution in [0, 0.1) is 5.92 Å². The smallest absolute Gasteiger partial charge is 0.229 e. The van der Waals surface area contributed by atoms with Crippen LogP contribution in [0.15, 0.2) is 24.3 Å². The fourth-order valence-electron chi connectivity index (χ4n) is 1.76. The van der Waals surface area contributed by atoms with Crippen LogP contribution in [-0.4, -0.2) is 29.8 Å². The molecule has 1 aliphatic rings. The predicted octanol–water partition coefficient (Wildman–Crippen LogP) is 3.57. The molecule has 4 heteroatoms. The van der Waals surface area contributed by atoms with Gasteiger partial charge in [-0.25, -0.2) is 0 Å². The number of anilines is 1. The highest BCUT2D eigenvalue weighted by atomic mass is 16.3. The molecule has 1 aromatic rings. The number of benzene rings is 1. The molecule has 0 bridgehead atoms. The molecule has 4 nitrogen and oxygen atoms in total. The monoisotopic (exact) mass is 295 g/mol. The lowest BCUT2D eigenvalue weighted by atomic mass is 9.88. The van der Waals surface area contributed by atoms with Crippen molar-refractivity contribution in [2.75, 3.05) is 18.6 Å². The van der Waals surface area contributed by atoms with Crippen LogP contribution in [0.4, 0.5) is 5.69 Å². The summed E-state index contributed by atoms with van der Waals surface area (Å²) in [5.41, 5.74) is 0.450. The van der Waals surface area contributed by atoms with Crippen molar-refractivity contribution in [1.82, 2.24) is 0 Å². The topological polar surface area (TPSA) is 60.8 Å². The number of carbonyl (C=O) groups is 1. The third-order valence-electron chi connectivity index (χ3n) is 3.34. The van der Waals surface area contributed by atoms with Gasteiger partial charge in [0.15, 0.2) is 0 Å². The zero-order valence-corrected chi connectivity index (χ0v) is 13.7. The van der Waals surface area contributed by atoms with Crippen molar-refractivity contribution in [3.05, 3.63) is 24.3 Å². The Labute approximate surface area is 128 Å². The number of hydrogen-bond donors (Lipinski definition) is 2. The van der Waals surface area contributed by atoms with E-state index < -0.39 is 0 Å². The first-order valence-corrected chi connectivity index (χ1v) is 7.71. The number of phenols is 1. The lowest BCUT2D eigenvalue weighted by Crippen LogP contribution is -2.26. The lowest BCUT2D eigenvalue weighted by molar-refractivity contribution is -0.118. The number of aliphatic hydroxyl groups excluding tert-OH is 1. The van der Waals surface area contributed by atoms with Crippen LogP contribution in [0.1, 0.15) is 46.5 Å². The zero-order valence-electron chi connectivity index (χ0n) is 13.7. The van der Waals surface area contributed by atoms with E-state index in [-0.39, 0.29) is 24.7 Å². The van der Waals surface area contributed by atoms with E-state index in [0.717, 1.165) is 5.92 Å². The first-order chi connectivity index (χ1) is 10.1. The molecule has 1 saturated carbocycles. The van der Waals surface area contributed by atoms with Gasteiger partial charge in [0.1, 0.15) is 5.75 Å². The Hall–Kier alpha value is -1.55. The van der Waals surface area contributed by atoms with Crippen LogP contribution in [-0.2, 0) is 4.79 Å². The van der Waals surface area contributed by atoms with E-state index in [9.17, 15) is 9.90 Å². The van der Waals surface area contributed by atoms with Gasteiger partial charge in [-0.2, -0.15) is 0 Å². The maximum absolute atomic E-state index is 11.4. The van der Waals surface area contributed by atoms with Crippen LogP contribution in [0.5, 0.6) is 5.75 Å². The van der Waals surface area contributed by atoms with Gasteiger partial charge >= 0.3 is 0 Å². The third-order valence-corrected chi connectivity index (χ3v) is 3.34. The van der Waals surface area contributed by atoms with Gasteiger partial charge in [-0.15, -0.1) is 0 Å². The quantitative estimate of drug-likeness (QED) is 0.896. The average Bonchev–Trinajstić information content (AvgIpc) is 2.48. The number of rotatable bonds is 3. The van der Waals surface area contributed by atoms with Gasteiger partial charge < -0.3 is 15.1 Å². The SMILES string of the molecule is CC.CC1CCC1.CN(C(=O)CCO)c1ccccc1O. The van der Waals surface area contributed by atoms with E-state index in [0.29, 0.717) is 5.69 Å². The summed E-state index contributed by atoms with van der Waals surface area (Å²) in [6.07, 6.45) is 4.52. The van der Waals surface area contributed by atoms with E-state index >= 15 is 0 Å².